The van der Waals surface area contributed by atoms with E-state index >= 15 is 0 Å². The van der Waals surface area contributed by atoms with Crippen LogP contribution >= 0.6 is 0 Å². The number of halogens is 1. The van der Waals surface area contributed by atoms with Crippen LogP contribution in [0, 0.1) is 13.8 Å². The maximum atomic E-state index is 13.4. The van der Waals surface area contributed by atoms with E-state index in [0.717, 1.165) is 11.1 Å². The molecule has 0 spiro atoms. The Morgan fingerprint density at radius 2 is 1.93 bits per heavy atom. The molecular formula is C11H16FNO. The molecule has 1 aromatic carbocycles. The van der Waals surface area contributed by atoms with Crippen LogP contribution in [-0.4, -0.2) is 13.7 Å². The van der Waals surface area contributed by atoms with Gasteiger partial charge in [-0.2, -0.15) is 0 Å². The van der Waals surface area contributed by atoms with Crippen LogP contribution < -0.4 is 10.5 Å². The first-order chi connectivity index (χ1) is 6.60. The molecule has 78 valence electrons. The molecule has 0 amide bonds. The summed E-state index contributed by atoms with van der Waals surface area (Å²) in [4.78, 5) is 0. The molecule has 1 aromatic rings. The number of rotatable bonds is 3. The Hall–Kier alpha value is -1.09. The molecule has 14 heavy (non-hydrogen) atoms. The number of hydrogen-bond donors (Lipinski definition) is 1. The summed E-state index contributed by atoms with van der Waals surface area (Å²) in [5, 5.41) is 0. The minimum absolute atomic E-state index is 0.0150. The molecule has 0 aromatic heterocycles. The molecule has 0 radical (unpaired) electrons. The van der Waals surface area contributed by atoms with Gasteiger partial charge in [-0.3, -0.25) is 0 Å². The van der Waals surface area contributed by atoms with Crippen molar-refractivity contribution in [3.8, 4) is 5.75 Å². The van der Waals surface area contributed by atoms with Gasteiger partial charge in [-0.1, -0.05) is 0 Å². The first-order valence-electron chi connectivity index (χ1n) is 4.59. The van der Waals surface area contributed by atoms with Gasteiger partial charge in [0, 0.05) is 12.1 Å². The van der Waals surface area contributed by atoms with E-state index in [1.165, 1.54) is 7.11 Å². The molecule has 0 bridgehead atoms. The van der Waals surface area contributed by atoms with E-state index in [1.54, 1.807) is 6.07 Å². The summed E-state index contributed by atoms with van der Waals surface area (Å²) in [6.45, 7) is 3.90. The Labute approximate surface area is 83.9 Å². The second-order valence-electron chi connectivity index (χ2n) is 3.38. The highest BCUT2D eigenvalue weighted by molar-refractivity contribution is 5.43. The molecule has 0 saturated carbocycles. The lowest BCUT2D eigenvalue weighted by Gasteiger charge is -2.13. The van der Waals surface area contributed by atoms with Crippen LogP contribution in [0.4, 0.5) is 4.39 Å². The number of hydrogen-bond acceptors (Lipinski definition) is 2. The minimum Gasteiger partial charge on any atom is -0.496 e. The molecule has 0 aliphatic rings. The maximum Gasteiger partial charge on any atom is 0.141 e. The van der Waals surface area contributed by atoms with Crippen molar-refractivity contribution in [3.63, 3.8) is 0 Å². The average Bonchev–Trinajstić information content (AvgIpc) is 2.20. The lowest BCUT2D eigenvalue weighted by Crippen LogP contribution is -2.09. The molecule has 0 aliphatic carbocycles. The number of benzene rings is 1. The fraction of sp³-hybridized carbons (Fsp3) is 0.455. The standard InChI is InChI=1S/C11H16FNO/c1-7-4-9(10(12)6-13)11(14-3)5-8(7)2/h4-5,10H,6,13H2,1-3H3. The molecule has 0 saturated heterocycles. The lowest BCUT2D eigenvalue weighted by atomic mass is 10.0. The van der Waals surface area contributed by atoms with Crippen molar-refractivity contribution in [2.45, 2.75) is 20.0 Å². The van der Waals surface area contributed by atoms with Gasteiger partial charge in [0.1, 0.15) is 11.9 Å². The van der Waals surface area contributed by atoms with Gasteiger partial charge < -0.3 is 10.5 Å². The van der Waals surface area contributed by atoms with Gasteiger partial charge in [0.25, 0.3) is 0 Å². The summed E-state index contributed by atoms with van der Waals surface area (Å²) in [5.41, 5.74) is 7.97. The fourth-order valence-corrected chi connectivity index (χ4v) is 1.36. The van der Waals surface area contributed by atoms with E-state index in [1.807, 2.05) is 19.9 Å². The van der Waals surface area contributed by atoms with Crippen molar-refractivity contribution in [1.82, 2.24) is 0 Å². The first-order valence-corrected chi connectivity index (χ1v) is 4.59. The van der Waals surface area contributed by atoms with Gasteiger partial charge in [0.2, 0.25) is 0 Å². The van der Waals surface area contributed by atoms with Gasteiger partial charge in [-0.05, 0) is 37.1 Å². The average molecular weight is 197 g/mol. The van der Waals surface area contributed by atoms with Crippen LogP contribution in [0.15, 0.2) is 12.1 Å². The zero-order chi connectivity index (χ0) is 10.7. The van der Waals surface area contributed by atoms with E-state index in [4.69, 9.17) is 10.5 Å². The van der Waals surface area contributed by atoms with E-state index in [2.05, 4.69) is 0 Å². The van der Waals surface area contributed by atoms with Crippen LogP contribution in [0.2, 0.25) is 0 Å². The summed E-state index contributed by atoms with van der Waals surface area (Å²) in [6, 6.07) is 3.64. The van der Waals surface area contributed by atoms with Crippen molar-refractivity contribution >= 4 is 0 Å². The highest BCUT2D eigenvalue weighted by atomic mass is 19.1. The van der Waals surface area contributed by atoms with Gasteiger partial charge in [-0.25, -0.2) is 4.39 Å². The molecule has 2 nitrogen and oxygen atoms in total. The van der Waals surface area contributed by atoms with Crippen LogP contribution in [0.25, 0.3) is 0 Å². The third-order valence-corrected chi connectivity index (χ3v) is 2.39. The third-order valence-electron chi connectivity index (χ3n) is 2.39. The molecular weight excluding hydrogens is 181 g/mol. The summed E-state index contributed by atoms with van der Waals surface area (Å²) < 4.78 is 18.5. The maximum absolute atomic E-state index is 13.4. The topological polar surface area (TPSA) is 35.2 Å². The second kappa shape index (κ2) is 4.42. The summed E-state index contributed by atoms with van der Waals surface area (Å²) in [7, 11) is 1.54. The number of nitrogens with two attached hydrogens (primary N) is 1. The molecule has 0 heterocycles. The smallest absolute Gasteiger partial charge is 0.141 e. The second-order valence-corrected chi connectivity index (χ2v) is 3.38. The van der Waals surface area contributed by atoms with Crippen molar-refractivity contribution < 1.29 is 9.13 Å². The van der Waals surface area contributed by atoms with Gasteiger partial charge in [0.05, 0.1) is 7.11 Å². The molecule has 1 rings (SSSR count). The van der Waals surface area contributed by atoms with E-state index in [0.29, 0.717) is 11.3 Å². The van der Waals surface area contributed by atoms with Crippen molar-refractivity contribution in [3.05, 3.63) is 28.8 Å². The molecule has 1 atom stereocenters. The largest absolute Gasteiger partial charge is 0.496 e. The molecule has 0 aliphatic heterocycles. The van der Waals surface area contributed by atoms with Crippen LogP contribution in [-0.2, 0) is 0 Å². The first kappa shape index (κ1) is 11.0. The Morgan fingerprint density at radius 3 is 2.43 bits per heavy atom. The fourth-order valence-electron chi connectivity index (χ4n) is 1.36. The summed E-state index contributed by atoms with van der Waals surface area (Å²) in [6.07, 6.45) is -1.15. The zero-order valence-corrected chi connectivity index (χ0v) is 8.80. The van der Waals surface area contributed by atoms with E-state index in [9.17, 15) is 4.39 Å². The Kier molecular flexibility index (Phi) is 3.47. The Morgan fingerprint density at radius 1 is 1.36 bits per heavy atom. The van der Waals surface area contributed by atoms with Crippen molar-refractivity contribution in [2.24, 2.45) is 5.73 Å². The van der Waals surface area contributed by atoms with Gasteiger partial charge >= 0.3 is 0 Å². The monoisotopic (exact) mass is 197 g/mol. The lowest BCUT2D eigenvalue weighted by molar-refractivity contribution is 0.331. The molecule has 0 fully saturated rings. The molecule has 1 unspecified atom stereocenters. The molecule has 2 N–H and O–H groups in total. The highest BCUT2D eigenvalue weighted by Gasteiger charge is 2.14. The predicted octanol–water partition coefficient (Wildman–Crippen LogP) is 2.28. The number of aryl methyl sites for hydroxylation is 2. The quantitative estimate of drug-likeness (QED) is 0.806. The third kappa shape index (κ3) is 2.04. The van der Waals surface area contributed by atoms with Gasteiger partial charge in [0.15, 0.2) is 0 Å². The summed E-state index contributed by atoms with van der Waals surface area (Å²) >= 11 is 0. The Balaban J connectivity index is 3.19. The minimum atomic E-state index is -1.15. The Bertz CT molecular complexity index is 325. The number of alkyl halides is 1. The normalized spacial score (nSPS) is 12.6. The molecule has 3 heteroatoms. The number of methoxy groups -OCH3 is 1. The van der Waals surface area contributed by atoms with Crippen molar-refractivity contribution in [2.75, 3.05) is 13.7 Å². The summed E-state index contributed by atoms with van der Waals surface area (Å²) in [5.74, 6) is 0.575. The van der Waals surface area contributed by atoms with Crippen LogP contribution in [0.3, 0.4) is 0 Å². The van der Waals surface area contributed by atoms with Crippen LogP contribution in [0.5, 0.6) is 5.75 Å². The van der Waals surface area contributed by atoms with E-state index in [-0.39, 0.29) is 6.54 Å². The SMILES string of the molecule is COc1cc(C)c(C)cc1C(F)CN. The highest BCUT2D eigenvalue weighted by Crippen LogP contribution is 2.29. The zero-order valence-electron chi connectivity index (χ0n) is 8.80. The number of ether oxygens (including phenoxy) is 1. The van der Waals surface area contributed by atoms with Crippen LogP contribution in [0.1, 0.15) is 22.9 Å². The van der Waals surface area contributed by atoms with Gasteiger partial charge in [-0.15, -0.1) is 0 Å². The van der Waals surface area contributed by atoms with Crippen molar-refractivity contribution in [1.29, 1.82) is 0 Å². The van der Waals surface area contributed by atoms with E-state index < -0.39 is 6.17 Å². The predicted molar refractivity (Wildman–Crippen MR) is 55.4 cm³/mol.